The van der Waals surface area contributed by atoms with Gasteiger partial charge in [0.1, 0.15) is 5.75 Å². The van der Waals surface area contributed by atoms with E-state index in [1.54, 1.807) is 7.11 Å². The summed E-state index contributed by atoms with van der Waals surface area (Å²) >= 11 is 0. The first-order valence-corrected chi connectivity index (χ1v) is 6.73. The lowest BCUT2D eigenvalue weighted by Crippen LogP contribution is -2.16. The van der Waals surface area contributed by atoms with E-state index in [4.69, 9.17) is 9.84 Å². The molecule has 0 heterocycles. The normalized spacial score (nSPS) is 10.2. The molecule has 0 bridgehead atoms. The first-order chi connectivity index (χ1) is 10.1. The number of carboxylic acids is 1. The van der Waals surface area contributed by atoms with E-state index in [2.05, 4.69) is 4.90 Å². The lowest BCUT2D eigenvalue weighted by atomic mass is 10.1. The van der Waals surface area contributed by atoms with E-state index in [1.807, 2.05) is 55.6 Å². The largest absolute Gasteiger partial charge is 0.497 e. The second-order valence-corrected chi connectivity index (χ2v) is 4.94. The number of rotatable bonds is 6. The van der Waals surface area contributed by atoms with E-state index in [9.17, 15) is 4.79 Å². The van der Waals surface area contributed by atoms with Gasteiger partial charge < -0.3 is 14.7 Å². The highest BCUT2D eigenvalue weighted by molar-refractivity contribution is 5.70. The molecule has 0 saturated carbocycles. The molecule has 2 aromatic carbocycles. The van der Waals surface area contributed by atoms with Crippen LogP contribution in [-0.2, 0) is 17.8 Å². The molecule has 0 aliphatic rings. The summed E-state index contributed by atoms with van der Waals surface area (Å²) in [5.41, 5.74) is 3.02. The first-order valence-electron chi connectivity index (χ1n) is 6.73. The van der Waals surface area contributed by atoms with Gasteiger partial charge in [-0.05, 0) is 23.3 Å². The van der Waals surface area contributed by atoms with Crippen LogP contribution in [0, 0.1) is 0 Å². The van der Waals surface area contributed by atoms with Crippen molar-refractivity contribution in [1.82, 2.24) is 0 Å². The summed E-state index contributed by atoms with van der Waals surface area (Å²) in [5.74, 6) is 0.0207. The maximum Gasteiger partial charge on any atom is 0.307 e. The Morgan fingerprint density at radius 2 is 1.81 bits per heavy atom. The molecule has 0 fully saturated rings. The van der Waals surface area contributed by atoms with Crippen LogP contribution in [0.3, 0.4) is 0 Å². The Hall–Kier alpha value is -2.49. The third-order valence-electron chi connectivity index (χ3n) is 3.29. The molecule has 0 radical (unpaired) electrons. The number of nitrogens with zero attached hydrogens (tertiary/aromatic N) is 1. The molecule has 0 amide bonds. The maximum atomic E-state index is 10.7. The Balaban J connectivity index is 2.04. The molecular formula is C17H19NO3. The highest BCUT2D eigenvalue weighted by atomic mass is 16.5. The number of methoxy groups -OCH3 is 1. The third kappa shape index (κ3) is 4.24. The van der Waals surface area contributed by atoms with Gasteiger partial charge >= 0.3 is 5.97 Å². The van der Waals surface area contributed by atoms with Crippen molar-refractivity contribution >= 4 is 11.7 Å². The van der Waals surface area contributed by atoms with Crippen LogP contribution in [0.4, 0.5) is 5.69 Å². The van der Waals surface area contributed by atoms with Crippen molar-refractivity contribution in [3.8, 4) is 5.75 Å². The van der Waals surface area contributed by atoms with Crippen molar-refractivity contribution in [2.24, 2.45) is 0 Å². The quantitative estimate of drug-likeness (QED) is 0.886. The van der Waals surface area contributed by atoms with Crippen molar-refractivity contribution < 1.29 is 14.6 Å². The molecule has 110 valence electrons. The fourth-order valence-corrected chi connectivity index (χ4v) is 2.15. The van der Waals surface area contributed by atoms with Gasteiger partial charge in [-0.15, -0.1) is 0 Å². The maximum absolute atomic E-state index is 10.7. The summed E-state index contributed by atoms with van der Waals surface area (Å²) in [7, 11) is 3.67. The predicted molar refractivity (Wildman–Crippen MR) is 82.9 cm³/mol. The minimum Gasteiger partial charge on any atom is -0.497 e. The summed E-state index contributed by atoms with van der Waals surface area (Å²) in [6.45, 7) is 0.751. The number of carbonyl (C=O) groups is 1. The van der Waals surface area contributed by atoms with Gasteiger partial charge in [0.15, 0.2) is 0 Å². The van der Waals surface area contributed by atoms with E-state index in [-0.39, 0.29) is 6.42 Å². The fourth-order valence-electron chi connectivity index (χ4n) is 2.15. The van der Waals surface area contributed by atoms with Crippen molar-refractivity contribution in [3.05, 3.63) is 59.7 Å². The van der Waals surface area contributed by atoms with Crippen molar-refractivity contribution in [1.29, 1.82) is 0 Å². The Morgan fingerprint density at radius 3 is 2.43 bits per heavy atom. The molecule has 1 N–H and O–H groups in total. The van der Waals surface area contributed by atoms with Crippen LogP contribution >= 0.6 is 0 Å². The second-order valence-electron chi connectivity index (χ2n) is 4.94. The van der Waals surface area contributed by atoms with Crippen LogP contribution in [0.1, 0.15) is 11.1 Å². The van der Waals surface area contributed by atoms with Gasteiger partial charge in [0.25, 0.3) is 0 Å². The van der Waals surface area contributed by atoms with Crippen LogP contribution in [0.15, 0.2) is 48.5 Å². The van der Waals surface area contributed by atoms with E-state index in [0.717, 1.165) is 29.1 Å². The lowest BCUT2D eigenvalue weighted by Gasteiger charge is -2.20. The molecule has 0 spiro atoms. The molecule has 0 aliphatic heterocycles. The summed E-state index contributed by atoms with van der Waals surface area (Å²) < 4.78 is 5.23. The summed E-state index contributed by atoms with van der Waals surface area (Å²) in [6.07, 6.45) is 0.0615. The molecule has 4 heteroatoms. The highest BCUT2D eigenvalue weighted by Crippen LogP contribution is 2.21. The number of anilines is 1. The number of aliphatic carboxylic acids is 1. The number of hydrogen-bond acceptors (Lipinski definition) is 3. The summed E-state index contributed by atoms with van der Waals surface area (Å²) in [6, 6.07) is 15.6. The first kappa shape index (κ1) is 14.9. The van der Waals surface area contributed by atoms with Crippen LogP contribution in [0.5, 0.6) is 5.75 Å². The monoisotopic (exact) mass is 285 g/mol. The van der Waals surface area contributed by atoms with Gasteiger partial charge in [-0.25, -0.2) is 0 Å². The van der Waals surface area contributed by atoms with Gasteiger partial charge in [-0.2, -0.15) is 0 Å². The number of hydrogen-bond donors (Lipinski definition) is 1. The predicted octanol–water partition coefficient (Wildman–Crippen LogP) is 2.96. The van der Waals surface area contributed by atoms with E-state index in [0.29, 0.717) is 0 Å². The van der Waals surface area contributed by atoms with Crippen LogP contribution in [0.2, 0.25) is 0 Å². The topological polar surface area (TPSA) is 49.8 Å². The average molecular weight is 285 g/mol. The summed E-state index contributed by atoms with van der Waals surface area (Å²) in [5, 5.41) is 8.76. The van der Waals surface area contributed by atoms with Gasteiger partial charge in [-0.1, -0.05) is 30.3 Å². The molecule has 2 aromatic rings. The van der Waals surface area contributed by atoms with Crippen molar-refractivity contribution in [2.75, 3.05) is 19.1 Å². The summed E-state index contributed by atoms with van der Waals surface area (Å²) in [4.78, 5) is 12.8. The minimum absolute atomic E-state index is 0.0615. The van der Waals surface area contributed by atoms with Crippen LogP contribution in [-0.4, -0.2) is 25.2 Å². The number of ether oxygens (including phenoxy) is 1. The highest BCUT2D eigenvalue weighted by Gasteiger charge is 2.05. The van der Waals surface area contributed by atoms with Gasteiger partial charge in [-0.3, -0.25) is 4.79 Å². The van der Waals surface area contributed by atoms with Crippen molar-refractivity contribution in [3.63, 3.8) is 0 Å². The standard InChI is InChI=1S/C17H19NO3/c1-18(15-4-3-5-16(11-15)21-2)12-14-8-6-13(7-9-14)10-17(19)20/h3-9,11H,10,12H2,1-2H3,(H,19,20). The van der Waals surface area contributed by atoms with Gasteiger partial charge in [0, 0.05) is 25.3 Å². The smallest absolute Gasteiger partial charge is 0.307 e. The molecule has 0 unspecified atom stereocenters. The van der Waals surface area contributed by atoms with E-state index >= 15 is 0 Å². The molecule has 21 heavy (non-hydrogen) atoms. The molecular weight excluding hydrogens is 266 g/mol. The molecule has 0 aliphatic carbocycles. The Bertz CT molecular complexity index is 608. The zero-order chi connectivity index (χ0) is 15.2. The Labute approximate surface area is 124 Å². The SMILES string of the molecule is COc1cccc(N(C)Cc2ccc(CC(=O)O)cc2)c1. The van der Waals surface area contributed by atoms with Crippen molar-refractivity contribution in [2.45, 2.75) is 13.0 Å². The number of benzene rings is 2. The fraction of sp³-hybridized carbons (Fsp3) is 0.235. The third-order valence-corrected chi connectivity index (χ3v) is 3.29. The van der Waals surface area contributed by atoms with E-state index in [1.165, 1.54) is 0 Å². The molecule has 0 aromatic heterocycles. The molecule has 4 nitrogen and oxygen atoms in total. The lowest BCUT2D eigenvalue weighted by molar-refractivity contribution is -0.136. The minimum atomic E-state index is -0.809. The Morgan fingerprint density at radius 1 is 1.14 bits per heavy atom. The zero-order valence-electron chi connectivity index (χ0n) is 12.2. The zero-order valence-corrected chi connectivity index (χ0v) is 12.2. The second kappa shape index (κ2) is 6.79. The number of carboxylic acid groups (broad SMARTS) is 1. The molecule has 0 atom stereocenters. The van der Waals surface area contributed by atoms with Gasteiger partial charge in [0.2, 0.25) is 0 Å². The molecule has 2 rings (SSSR count). The Kier molecular flexibility index (Phi) is 4.82. The van der Waals surface area contributed by atoms with Crippen LogP contribution in [0.25, 0.3) is 0 Å². The van der Waals surface area contributed by atoms with E-state index < -0.39 is 5.97 Å². The van der Waals surface area contributed by atoms with Gasteiger partial charge in [0.05, 0.1) is 13.5 Å². The molecule has 0 saturated heterocycles. The van der Waals surface area contributed by atoms with Crippen LogP contribution < -0.4 is 9.64 Å². The average Bonchev–Trinajstić information content (AvgIpc) is 2.49.